The Hall–Kier alpha value is -1.66. The molecule has 3 rings (SSSR count). The van der Waals surface area contributed by atoms with E-state index in [1.54, 1.807) is 12.1 Å². The Morgan fingerprint density at radius 2 is 2.29 bits per heavy atom. The Labute approximate surface area is 146 Å². The van der Waals surface area contributed by atoms with Crippen molar-refractivity contribution in [3.8, 4) is 0 Å². The van der Waals surface area contributed by atoms with E-state index in [-0.39, 0.29) is 17.7 Å². The monoisotopic (exact) mass is 351 g/mol. The predicted octanol–water partition coefficient (Wildman–Crippen LogP) is 2.34. The maximum absolute atomic E-state index is 12.8. The van der Waals surface area contributed by atoms with Gasteiger partial charge in [0.15, 0.2) is 0 Å². The van der Waals surface area contributed by atoms with Crippen LogP contribution in [0.4, 0.5) is 5.82 Å². The molecule has 0 unspecified atom stereocenters. The molecular weight excluding hydrogens is 330 g/mol. The Bertz CT molecular complexity index is 614. The third-order valence-electron chi connectivity index (χ3n) is 4.79. The minimum atomic E-state index is -0.448. The lowest BCUT2D eigenvalue weighted by molar-refractivity contribution is -0.144. The summed E-state index contributed by atoms with van der Waals surface area (Å²) in [5.74, 6) is 0.257. The Kier molecular flexibility index (Phi) is 5.06. The van der Waals surface area contributed by atoms with Gasteiger partial charge < -0.3 is 15.0 Å². The molecule has 6 nitrogen and oxygen atoms in total. The number of amides is 2. The quantitative estimate of drug-likeness (QED) is 0.907. The van der Waals surface area contributed by atoms with Gasteiger partial charge in [0.1, 0.15) is 5.82 Å². The summed E-state index contributed by atoms with van der Waals surface area (Å²) in [5.41, 5.74) is -0.448. The maximum atomic E-state index is 12.8. The van der Waals surface area contributed by atoms with Gasteiger partial charge in [-0.3, -0.25) is 9.59 Å². The molecule has 1 aromatic rings. The lowest BCUT2D eigenvalue weighted by Crippen LogP contribution is -2.49. The fourth-order valence-electron chi connectivity index (χ4n) is 3.27. The fourth-order valence-corrected chi connectivity index (χ4v) is 3.38. The van der Waals surface area contributed by atoms with Crippen LogP contribution in [-0.2, 0) is 14.3 Å². The van der Waals surface area contributed by atoms with Crippen molar-refractivity contribution in [1.82, 2.24) is 9.88 Å². The normalized spacial score (nSPS) is 27.1. The number of ether oxygens (including phenoxy) is 1. The highest BCUT2D eigenvalue weighted by molar-refractivity contribution is 6.30. The van der Waals surface area contributed by atoms with E-state index in [1.165, 1.54) is 6.20 Å². The first kappa shape index (κ1) is 17.2. The number of aromatic nitrogens is 1. The summed E-state index contributed by atoms with van der Waals surface area (Å²) >= 11 is 5.80. The van der Waals surface area contributed by atoms with E-state index in [0.717, 1.165) is 19.3 Å². The number of rotatable bonds is 3. The third-order valence-corrected chi connectivity index (χ3v) is 5.02. The summed E-state index contributed by atoms with van der Waals surface area (Å²) in [6, 6.07) is 3.35. The summed E-state index contributed by atoms with van der Waals surface area (Å²) in [5, 5.41) is 3.33. The minimum Gasteiger partial charge on any atom is -0.380 e. The van der Waals surface area contributed by atoms with Gasteiger partial charge in [0.2, 0.25) is 11.8 Å². The number of pyridine rings is 1. The van der Waals surface area contributed by atoms with Crippen molar-refractivity contribution < 1.29 is 14.3 Å². The molecule has 1 N–H and O–H groups in total. The van der Waals surface area contributed by atoms with Crippen LogP contribution in [-0.4, -0.2) is 48.0 Å². The van der Waals surface area contributed by atoms with Crippen molar-refractivity contribution in [2.75, 3.05) is 31.6 Å². The molecule has 24 heavy (non-hydrogen) atoms. The number of halogens is 1. The number of anilines is 1. The number of likely N-dealkylation sites (tertiary alicyclic amines) is 1. The van der Waals surface area contributed by atoms with E-state index in [1.807, 2.05) is 11.8 Å². The van der Waals surface area contributed by atoms with Crippen LogP contribution in [0, 0.1) is 11.3 Å². The summed E-state index contributed by atoms with van der Waals surface area (Å²) in [6.45, 7) is 4.20. The predicted molar refractivity (Wildman–Crippen MR) is 90.7 cm³/mol. The highest BCUT2D eigenvalue weighted by Crippen LogP contribution is 2.32. The summed E-state index contributed by atoms with van der Waals surface area (Å²) < 4.78 is 5.39. The fraction of sp³-hybridized carbons (Fsp3) is 0.588. The highest BCUT2D eigenvalue weighted by Gasteiger charge is 2.42. The van der Waals surface area contributed by atoms with Crippen molar-refractivity contribution in [3.63, 3.8) is 0 Å². The zero-order chi connectivity index (χ0) is 17.2. The number of nitrogens with zero attached hydrogens (tertiary/aromatic N) is 2. The van der Waals surface area contributed by atoms with Gasteiger partial charge in [-0.15, -0.1) is 0 Å². The highest BCUT2D eigenvalue weighted by atomic mass is 35.5. The first-order valence-corrected chi connectivity index (χ1v) is 8.65. The molecule has 0 bridgehead atoms. The molecule has 2 aliphatic rings. The molecule has 0 radical (unpaired) electrons. The third kappa shape index (κ3) is 3.70. The number of carbonyl (C=O) groups excluding carboxylic acids is 2. The van der Waals surface area contributed by atoms with Crippen molar-refractivity contribution in [2.45, 2.75) is 26.2 Å². The van der Waals surface area contributed by atoms with Gasteiger partial charge in [0, 0.05) is 25.9 Å². The Morgan fingerprint density at radius 1 is 1.46 bits per heavy atom. The van der Waals surface area contributed by atoms with Crippen LogP contribution in [0.2, 0.25) is 5.02 Å². The van der Waals surface area contributed by atoms with Crippen LogP contribution >= 0.6 is 11.6 Å². The molecule has 1 aromatic heterocycles. The molecule has 0 aromatic carbocycles. The maximum Gasteiger partial charge on any atom is 0.230 e. The first-order chi connectivity index (χ1) is 11.5. The molecule has 130 valence electrons. The Morgan fingerprint density at radius 3 is 2.96 bits per heavy atom. The molecule has 2 fully saturated rings. The topological polar surface area (TPSA) is 71.5 Å². The molecule has 0 aliphatic carbocycles. The second-order valence-corrected chi connectivity index (χ2v) is 7.24. The number of hydrogen-bond acceptors (Lipinski definition) is 4. The second-order valence-electron chi connectivity index (χ2n) is 6.80. The van der Waals surface area contributed by atoms with Crippen molar-refractivity contribution >= 4 is 29.2 Å². The SMILES string of the molecule is C[C@@]1(C(=O)N2CCC[C@H](C(=O)Nc3ccc(Cl)cn3)C2)CCOC1. The molecule has 2 aliphatic heterocycles. The van der Waals surface area contributed by atoms with Gasteiger partial charge >= 0.3 is 0 Å². The first-order valence-electron chi connectivity index (χ1n) is 8.27. The number of piperidine rings is 1. The van der Waals surface area contributed by atoms with Crippen molar-refractivity contribution in [3.05, 3.63) is 23.4 Å². The largest absolute Gasteiger partial charge is 0.380 e. The summed E-state index contributed by atoms with van der Waals surface area (Å²) in [7, 11) is 0. The van der Waals surface area contributed by atoms with E-state index in [0.29, 0.717) is 37.1 Å². The van der Waals surface area contributed by atoms with E-state index in [4.69, 9.17) is 16.3 Å². The summed E-state index contributed by atoms with van der Waals surface area (Å²) in [6.07, 6.45) is 3.84. The zero-order valence-corrected chi connectivity index (χ0v) is 14.5. The van der Waals surface area contributed by atoms with Gasteiger partial charge in [0.05, 0.1) is 23.0 Å². The smallest absolute Gasteiger partial charge is 0.230 e. The van der Waals surface area contributed by atoms with E-state index in [2.05, 4.69) is 10.3 Å². The van der Waals surface area contributed by atoms with Crippen LogP contribution in [0.5, 0.6) is 0 Å². The summed E-state index contributed by atoms with van der Waals surface area (Å²) in [4.78, 5) is 31.1. The molecule has 2 saturated heterocycles. The van der Waals surface area contributed by atoms with Crippen LogP contribution in [0.15, 0.2) is 18.3 Å². The number of carbonyl (C=O) groups is 2. The molecule has 0 spiro atoms. The lowest BCUT2D eigenvalue weighted by atomic mass is 9.86. The molecule has 2 atom stereocenters. The molecule has 0 saturated carbocycles. The molecule has 2 amide bonds. The Balaban J connectivity index is 1.61. The van der Waals surface area contributed by atoms with Crippen LogP contribution in [0.3, 0.4) is 0 Å². The number of hydrogen-bond donors (Lipinski definition) is 1. The average Bonchev–Trinajstić information content (AvgIpc) is 3.04. The van der Waals surface area contributed by atoms with Crippen LogP contribution in [0.25, 0.3) is 0 Å². The van der Waals surface area contributed by atoms with Gasteiger partial charge in [-0.1, -0.05) is 11.6 Å². The van der Waals surface area contributed by atoms with Gasteiger partial charge in [-0.05, 0) is 38.3 Å². The lowest BCUT2D eigenvalue weighted by Gasteiger charge is -2.36. The van der Waals surface area contributed by atoms with Gasteiger partial charge in [-0.25, -0.2) is 4.98 Å². The van der Waals surface area contributed by atoms with E-state index >= 15 is 0 Å². The van der Waals surface area contributed by atoms with Gasteiger partial charge in [0.25, 0.3) is 0 Å². The average molecular weight is 352 g/mol. The minimum absolute atomic E-state index is 0.0992. The molecule has 7 heteroatoms. The second kappa shape index (κ2) is 7.07. The van der Waals surface area contributed by atoms with Crippen molar-refractivity contribution in [2.24, 2.45) is 11.3 Å². The molecule has 3 heterocycles. The van der Waals surface area contributed by atoms with Crippen molar-refractivity contribution in [1.29, 1.82) is 0 Å². The number of nitrogens with one attached hydrogen (secondary N) is 1. The molecular formula is C17H22ClN3O3. The van der Waals surface area contributed by atoms with E-state index < -0.39 is 5.41 Å². The van der Waals surface area contributed by atoms with Gasteiger partial charge in [-0.2, -0.15) is 0 Å². The van der Waals surface area contributed by atoms with Crippen LogP contribution < -0.4 is 5.32 Å². The van der Waals surface area contributed by atoms with E-state index in [9.17, 15) is 9.59 Å². The standard InChI is InChI=1S/C17H22ClN3O3/c1-17(6-8-24-11-17)16(23)21-7-2-3-12(10-21)15(22)20-14-5-4-13(18)9-19-14/h4-5,9,12H,2-3,6-8,10-11H2,1H3,(H,19,20,22)/t12-,17+/m0/s1. The zero-order valence-electron chi connectivity index (χ0n) is 13.8. The van der Waals surface area contributed by atoms with Crippen LogP contribution in [0.1, 0.15) is 26.2 Å².